The summed E-state index contributed by atoms with van der Waals surface area (Å²) >= 11 is 1.47. The van der Waals surface area contributed by atoms with E-state index in [0.29, 0.717) is 75.1 Å². The molecule has 2 saturated carbocycles. The van der Waals surface area contributed by atoms with Gasteiger partial charge < -0.3 is 41.9 Å². The summed E-state index contributed by atoms with van der Waals surface area (Å²) in [5.41, 5.74) is 8.79. The summed E-state index contributed by atoms with van der Waals surface area (Å²) in [5.74, 6) is -4.31. The number of β-amino-alcohol motifs (C(OH)–C–C–N with tert-alkyl or cyclic N) is 1. The number of primary amides is 1. The minimum absolute atomic E-state index is 0.0322. The van der Waals surface area contributed by atoms with Gasteiger partial charge in [-0.3, -0.25) is 43.2 Å². The summed E-state index contributed by atoms with van der Waals surface area (Å²) in [4.78, 5) is 102. The predicted octanol–water partition coefficient (Wildman–Crippen LogP) is 5.89. The number of carbonyl (C=O) groups excluding carboxylic acids is 6. The molecular formula is C59H72F2N14O7S. The van der Waals surface area contributed by atoms with E-state index in [1.54, 1.807) is 68.0 Å². The molecule has 83 heavy (non-hydrogen) atoms. The van der Waals surface area contributed by atoms with Crippen molar-refractivity contribution >= 4 is 63.9 Å². The number of aryl methyl sites for hydroxylation is 1. The first kappa shape index (κ1) is 58.5. The van der Waals surface area contributed by atoms with Crippen molar-refractivity contribution in [2.75, 3.05) is 57.7 Å². The van der Waals surface area contributed by atoms with E-state index < -0.39 is 64.1 Å². The molecule has 8 N–H and O–H groups in total. The highest BCUT2D eigenvalue weighted by molar-refractivity contribution is 7.13. The molecule has 10 rings (SSSR count). The number of rotatable bonds is 23. The quantitative estimate of drug-likeness (QED) is 0.0370. The zero-order valence-corrected chi connectivity index (χ0v) is 48.0. The summed E-state index contributed by atoms with van der Waals surface area (Å²) in [7, 11) is 0. The van der Waals surface area contributed by atoms with Gasteiger partial charge in [-0.15, -0.1) is 11.3 Å². The van der Waals surface area contributed by atoms with E-state index in [1.807, 2.05) is 34.6 Å². The van der Waals surface area contributed by atoms with Crippen LogP contribution in [-0.2, 0) is 24.0 Å². The summed E-state index contributed by atoms with van der Waals surface area (Å²) < 4.78 is 32.7. The Bertz CT molecular complexity index is 3370. The first-order valence-electron chi connectivity index (χ1n) is 28.5. The van der Waals surface area contributed by atoms with Gasteiger partial charge in [0.05, 0.1) is 58.2 Å². The number of amides is 6. The molecule has 0 radical (unpaired) electrons. The van der Waals surface area contributed by atoms with Crippen molar-refractivity contribution in [3.63, 3.8) is 0 Å². The van der Waals surface area contributed by atoms with Crippen LogP contribution in [0, 0.1) is 18.2 Å². The number of H-pyrrole nitrogens is 1. The number of hydrogen-bond acceptors (Lipinski definition) is 14. The van der Waals surface area contributed by atoms with Gasteiger partial charge in [-0.1, -0.05) is 57.9 Å². The smallest absolute Gasteiger partial charge is 0.258 e. The SMILES string of the molecule is Cc1ncsc1-c1ccc([C@H](CC(=O)NCCCCCCNC(=O)CN2CCN(C(=O)c3ccc(Nc4nc(C5CC5)cn5c(-c6cn[nH]c6)cnc45)c(F)c3)CC2)C2(C(N)=O)CC(O)CN2C(=O)[C@@H](NC(=O)C2(F)CC2)C(C)(C)C)cc1. The Morgan fingerprint density at radius 3 is 2.24 bits per heavy atom. The third-order valence-electron chi connectivity index (χ3n) is 16.4. The Labute approximate surface area is 483 Å². The average Bonchev–Trinajstić information content (AvgIpc) is 2.33. The van der Waals surface area contributed by atoms with Gasteiger partial charge >= 0.3 is 0 Å². The fourth-order valence-corrected chi connectivity index (χ4v) is 12.2. The van der Waals surface area contributed by atoms with Gasteiger partial charge in [-0.05, 0) is 80.2 Å². The number of alkyl halides is 1. The number of nitrogens with zero attached hydrogens (tertiary/aromatic N) is 8. The molecule has 2 saturated heterocycles. The number of fused-ring (bicyclic) bond motifs is 1. The molecule has 24 heteroatoms. The topological polar surface area (TPSA) is 278 Å². The molecule has 2 aromatic carbocycles. The average molecular weight is 1160 g/mol. The van der Waals surface area contributed by atoms with Gasteiger partial charge in [-0.2, -0.15) is 5.10 Å². The normalized spacial score (nSPS) is 19.5. The Kier molecular flexibility index (Phi) is 17.1. The van der Waals surface area contributed by atoms with E-state index in [-0.39, 0.29) is 61.8 Å². The van der Waals surface area contributed by atoms with Crippen LogP contribution in [-0.4, -0.2) is 161 Å². The number of piperazine rings is 1. The molecule has 6 heterocycles. The van der Waals surface area contributed by atoms with Crippen molar-refractivity contribution in [2.45, 2.75) is 127 Å². The number of halogens is 2. The maximum absolute atomic E-state index is 15.7. The van der Waals surface area contributed by atoms with Crippen molar-refractivity contribution in [3.8, 4) is 21.7 Å². The molecule has 4 aliphatic rings. The molecule has 4 fully saturated rings. The Balaban J connectivity index is 0.678. The molecule has 4 aromatic heterocycles. The second-order valence-corrected chi connectivity index (χ2v) is 24.4. The summed E-state index contributed by atoms with van der Waals surface area (Å²) in [5, 5.41) is 29.8. The lowest BCUT2D eigenvalue weighted by Crippen LogP contribution is -2.65. The summed E-state index contributed by atoms with van der Waals surface area (Å²) in [6, 6.07) is 10.3. The number of carbonyl (C=O) groups is 6. The van der Waals surface area contributed by atoms with Crippen LogP contribution in [0.1, 0.15) is 124 Å². The molecule has 0 spiro atoms. The van der Waals surface area contributed by atoms with Crippen LogP contribution in [0.15, 0.2) is 72.8 Å². The number of benzene rings is 2. The molecule has 440 valence electrons. The predicted molar refractivity (Wildman–Crippen MR) is 307 cm³/mol. The molecule has 2 unspecified atom stereocenters. The number of aromatic nitrogens is 6. The van der Waals surface area contributed by atoms with Crippen molar-refractivity contribution in [1.29, 1.82) is 0 Å². The Morgan fingerprint density at radius 2 is 1.63 bits per heavy atom. The van der Waals surface area contributed by atoms with E-state index in [1.165, 1.54) is 28.4 Å². The number of thiazole rings is 1. The number of aliphatic hydroxyl groups is 1. The zero-order valence-electron chi connectivity index (χ0n) is 47.2. The van der Waals surface area contributed by atoms with Crippen molar-refractivity contribution in [3.05, 3.63) is 101 Å². The second kappa shape index (κ2) is 24.3. The van der Waals surface area contributed by atoms with Crippen LogP contribution in [0.25, 0.3) is 27.3 Å². The first-order valence-corrected chi connectivity index (χ1v) is 29.4. The van der Waals surface area contributed by atoms with Gasteiger partial charge in [0.15, 0.2) is 17.1 Å². The number of likely N-dealkylation sites (tertiary alicyclic amines) is 1. The number of anilines is 2. The van der Waals surface area contributed by atoms with Crippen LogP contribution in [0.5, 0.6) is 0 Å². The van der Waals surface area contributed by atoms with Gasteiger partial charge in [-0.25, -0.2) is 23.7 Å². The number of nitrogens with one attached hydrogen (secondary N) is 5. The van der Waals surface area contributed by atoms with Crippen LogP contribution >= 0.6 is 11.3 Å². The highest BCUT2D eigenvalue weighted by Crippen LogP contribution is 2.47. The van der Waals surface area contributed by atoms with Gasteiger partial charge in [0.1, 0.15) is 17.4 Å². The number of imidazole rings is 1. The largest absolute Gasteiger partial charge is 0.391 e. The molecule has 4 atom stereocenters. The summed E-state index contributed by atoms with van der Waals surface area (Å²) in [6.07, 6.45) is 10.4. The second-order valence-electron chi connectivity index (χ2n) is 23.6. The highest BCUT2D eigenvalue weighted by atomic mass is 32.1. The minimum atomic E-state index is -2.08. The fraction of sp³-hybridized carbons (Fsp3) is 0.492. The van der Waals surface area contributed by atoms with Crippen LogP contribution in [0.2, 0.25) is 0 Å². The number of aromatic amines is 1. The lowest BCUT2D eigenvalue weighted by atomic mass is 9.73. The molecule has 0 bridgehead atoms. The lowest BCUT2D eigenvalue weighted by Gasteiger charge is -2.44. The van der Waals surface area contributed by atoms with Crippen LogP contribution in [0.4, 0.5) is 20.3 Å². The Hall–Kier alpha value is -7.70. The van der Waals surface area contributed by atoms with Gasteiger partial charge in [0.25, 0.3) is 11.8 Å². The van der Waals surface area contributed by atoms with Gasteiger partial charge in [0.2, 0.25) is 23.6 Å². The molecule has 2 aliphatic carbocycles. The molecule has 6 aromatic rings. The summed E-state index contributed by atoms with van der Waals surface area (Å²) in [6.45, 7) is 9.34. The number of nitrogens with two attached hydrogens (primary N) is 1. The molecule has 2 aliphatic heterocycles. The van der Waals surface area contributed by atoms with E-state index in [0.717, 1.165) is 58.8 Å². The third-order valence-corrected chi connectivity index (χ3v) is 17.4. The fourth-order valence-electron chi connectivity index (χ4n) is 11.4. The number of aliphatic hydroxyl groups excluding tert-OH is 1. The van der Waals surface area contributed by atoms with Crippen LogP contribution < -0.4 is 27.0 Å². The third kappa shape index (κ3) is 12.9. The number of hydrogen-bond donors (Lipinski definition) is 7. The molecular weight excluding hydrogens is 1090 g/mol. The number of unbranched alkanes of at least 4 members (excludes halogenated alkanes) is 3. The van der Waals surface area contributed by atoms with E-state index in [2.05, 4.69) is 41.4 Å². The minimum Gasteiger partial charge on any atom is -0.391 e. The molecule has 21 nitrogen and oxygen atoms in total. The standard InChI is InChI=1S/C59H72F2N14O7S/c1-35-49(83-34-66-35)38-13-9-36(10-14-38)42(59(55(62)81)27-41(76)31-75(59)54(80)50(57(2,3)4)71-56(82)58(61)17-18-58)26-47(77)63-19-7-5-6-8-20-64-48(78)33-72-21-23-73(24-22-72)53(79)39-15-16-44(43(60)25-39)69-51-52-65-30-46(40-28-67-68-29-40)74(52)32-45(70-51)37-11-12-37/h9-10,13-16,25,28-30,32,34,37,41-42,50,76H,5-8,11-12,17-24,26-27,31,33H2,1-4H3,(H2,62,81)(H,63,77)(H,64,78)(H,67,68)(H,69,70)(H,71,82)/t41?,42-,50+,59?/m0/s1. The monoisotopic (exact) mass is 1160 g/mol. The zero-order chi connectivity index (χ0) is 58.8. The van der Waals surface area contributed by atoms with Crippen molar-refractivity contribution in [1.82, 2.24) is 60.2 Å². The Morgan fingerprint density at radius 1 is 0.916 bits per heavy atom. The van der Waals surface area contributed by atoms with Crippen LogP contribution in [0.3, 0.4) is 0 Å². The van der Waals surface area contributed by atoms with Gasteiger partial charge in [0, 0.05) is 94.0 Å². The van der Waals surface area contributed by atoms with Crippen molar-refractivity contribution < 1.29 is 42.7 Å². The van der Waals surface area contributed by atoms with E-state index >= 15 is 8.78 Å². The maximum atomic E-state index is 15.7. The molecule has 6 amide bonds. The van der Waals surface area contributed by atoms with Crippen molar-refractivity contribution in [2.24, 2.45) is 11.1 Å². The lowest BCUT2D eigenvalue weighted by molar-refractivity contribution is -0.151. The maximum Gasteiger partial charge on any atom is 0.258 e. The van der Waals surface area contributed by atoms with E-state index in [9.17, 15) is 33.9 Å². The highest BCUT2D eigenvalue weighted by Gasteiger charge is 2.60. The van der Waals surface area contributed by atoms with E-state index in [4.69, 9.17) is 10.7 Å². The first-order chi connectivity index (χ1) is 39.7.